The van der Waals surface area contributed by atoms with Crippen LogP contribution in [0.4, 0.5) is 0 Å². The number of hydrogen-bond donors (Lipinski definition) is 0. The number of fused-ring (bicyclic) bond motifs is 12. The van der Waals surface area contributed by atoms with Crippen molar-refractivity contribution in [3.8, 4) is 45.3 Å². The lowest BCUT2D eigenvalue weighted by atomic mass is 9.60. The highest BCUT2D eigenvalue weighted by Gasteiger charge is 2.54. The molecule has 12 rings (SSSR count). The molecule has 0 unspecified atom stereocenters. The number of aryl methyl sites for hydroxylation is 1. The van der Waals surface area contributed by atoms with E-state index in [1.807, 2.05) is 12.3 Å². The molecule has 0 radical (unpaired) electrons. The maximum atomic E-state index is 7.11. The lowest BCUT2D eigenvalue weighted by Gasteiger charge is -2.45. The summed E-state index contributed by atoms with van der Waals surface area (Å²) in [5, 5.41) is 2.31. The Balaban J connectivity index is 1.13. The first-order chi connectivity index (χ1) is 33.6. The standard InChI is InChI=1S/C66H64N4O/c1-62(2,3)42-33-48-49-34-43(63(4,5)6)36-53(65(10,11)12)60(49)66(59(48)52(35-42)64(7,8)9)50-29-27-45(38-57(50)69-39-68(13)55-23-19-22-51(66)61(55)69)71-44-26-28-46-47-32-41(40-20-15-14-16-21-40)25-30-54(47)70(56(46)37-44)58-24-17-18-31-67-58/h14-38H,1-13H3. The molecule has 1 spiro atoms. The first-order valence-corrected chi connectivity index (χ1v) is 25.3. The summed E-state index contributed by atoms with van der Waals surface area (Å²) in [6.45, 7) is 28.6. The van der Waals surface area contributed by atoms with Gasteiger partial charge < -0.3 is 13.9 Å². The van der Waals surface area contributed by atoms with Crippen LogP contribution in [0.15, 0.2) is 152 Å². The fourth-order valence-electron chi connectivity index (χ4n) is 12.0. The van der Waals surface area contributed by atoms with E-state index in [0.717, 1.165) is 44.9 Å². The van der Waals surface area contributed by atoms with Gasteiger partial charge in [-0.25, -0.2) is 4.98 Å². The maximum Gasteiger partial charge on any atom is 0.244 e. The van der Waals surface area contributed by atoms with Crippen molar-refractivity contribution in [2.24, 2.45) is 7.05 Å². The number of imidazole rings is 1. The van der Waals surface area contributed by atoms with Gasteiger partial charge in [-0.05, 0) is 137 Å². The number of pyridine rings is 1. The van der Waals surface area contributed by atoms with Crippen molar-refractivity contribution < 1.29 is 9.30 Å². The summed E-state index contributed by atoms with van der Waals surface area (Å²) in [5.41, 5.74) is 20.2. The first kappa shape index (κ1) is 44.9. The fraction of sp³-hybridized carbons (Fsp3) is 0.273. The monoisotopic (exact) mass is 929 g/mol. The summed E-state index contributed by atoms with van der Waals surface area (Å²) in [4.78, 5) is 4.86. The number of rotatable bonds is 4. The van der Waals surface area contributed by atoms with E-state index >= 15 is 0 Å². The van der Waals surface area contributed by atoms with E-state index in [0.29, 0.717) is 0 Å². The van der Waals surface area contributed by atoms with Crippen molar-refractivity contribution in [1.82, 2.24) is 14.1 Å². The van der Waals surface area contributed by atoms with Crippen LogP contribution in [-0.4, -0.2) is 14.1 Å². The van der Waals surface area contributed by atoms with Crippen LogP contribution in [0.3, 0.4) is 0 Å². The van der Waals surface area contributed by atoms with E-state index < -0.39 is 5.41 Å². The van der Waals surface area contributed by atoms with Crippen LogP contribution in [0.2, 0.25) is 0 Å². The maximum absolute atomic E-state index is 7.11. The molecule has 4 heterocycles. The molecule has 71 heavy (non-hydrogen) atoms. The van der Waals surface area contributed by atoms with Crippen molar-refractivity contribution >= 4 is 32.8 Å². The van der Waals surface area contributed by atoms with Gasteiger partial charge in [0.15, 0.2) is 0 Å². The molecule has 1 aliphatic carbocycles. The summed E-state index contributed by atoms with van der Waals surface area (Å²) in [6.07, 6.45) is 5.66. The predicted octanol–water partition coefficient (Wildman–Crippen LogP) is 16.1. The Kier molecular flexibility index (Phi) is 9.58. The third-order valence-corrected chi connectivity index (χ3v) is 15.5. The topological polar surface area (TPSA) is 35.9 Å². The molecule has 2 aliphatic rings. The van der Waals surface area contributed by atoms with Crippen molar-refractivity contribution in [2.75, 3.05) is 0 Å². The largest absolute Gasteiger partial charge is 0.458 e. The van der Waals surface area contributed by atoms with Gasteiger partial charge in [0.05, 0.1) is 40.2 Å². The first-order valence-electron chi connectivity index (χ1n) is 25.3. The second-order valence-electron chi connectivity index (χ2n) is 24.4. The van der Waals surface area contributed by atoms with Crippen LogP contribution in [-0.2, 0) is 34.1 Å². The van der Waals surface area contributed by atoms with Crippen molar-refractivity contribution in [3.05, 3.63) is 203 Å². The van der Waals surface area contributed by atoms with Crippen LogP contribution >= 0.6 is 0 Å². The molecule has 0 N–H and O–H groups in total. The second-order valence-corrected chi connectivity index (χ2v) is 24.4. The Morgan fingerprint density at radius 3 is 1.77 bits per heavy atom. The van der Waals surface area contributed by atoms with Crippen molar-refractivity contribution in [1.29, 1.82) is 0 Å². The van der Waals surface area contributed by atoms with Gasteiger partial charge in [0.1, 0.15) is 17.3 Å². The van der Waals surface area contributed by atoms with Gasteiger partial charge in [-0.3, -0.25) is 4.57 Å². The highest BCUT2D eigenvalue weighted by Crippen LogP contribution is 2.65. The minimum absolute atomic E-state index is 0.0618. The minimum atomic E-state index is -0.660. The normalized spacial score (nSPS) is 14.1. The minimum Gasteiger partial charge on any atom is -0.458 e. The quantitative estimate of drug-likeness (QED) is 0.130. The Morgan fingerprint density at radius 1 is 0.521 bits per heavy atom. The number of nitrogens with zero attached hydrogens (tertiary/aromatic N) is 4. The molecule has 5 nitrogen and oxygen atoms in total. The van der Waals surface area contributed by atoms with E-state index in [-0.39, 0.29) is 21.7 Å². The predicted molar refractivity (Wildman–Crippen MR) is 293 cm³/mol. The highest BCUT2D eigenvalue weighted by atomic mass is 16.5. The Bertz CT molecular complexity index is 3740. The number of aromatic nitrogens is 4. The van der Waals surface area contributed by atoms with Crippen LogP contribution in [0.25, 0.3) is 66.6 Å². The Labute approximate surface area is 419 Å². The van der Waals surface area contributed by atoms with Crippen LogP contribution in [0.5, 0.6) is 11.5 Å². The zero-order valence-corrected chi connectivity index (χ0v) is 43.6. The van der Waals surface area contributed by atoms with Gasteiger partial charge in [0.25, 0.3) is 0 Å². The van der Waals surface area contributed by atoms with Gasteiger partial charge in [0.2, 0.25) is 6.33 Å². The van der Waals surface area contributed by atoms with E-state index in [1.165, 1.54) is 77.7 Å². The molecule has 0 bridgehead atoms. The van der Waals surface area contributed by atoms with E-state index in [2.05, 4.69) is 250 Å². The summed E-state index contributed by atoms with van der Waals surface area (Å²) in [6, 6.07) is 53.9. The molecule has 0 atom stereocenters. The molecule has 5 heteroatoms. The fourth-order valence-corrected chi connectivity index (χ4v) is 12.0. The number of ether oxygens (including phenoxy) is 1. The molecule has 10 aromatic rings. The van der Waals surface area contributed by atoms with E-state index in [4.69, 9.17) is 9.72 Å². The lowest BCUT2D eigenvalue weighted by Crippen LogP contribution is -2.38. The summed E-state index contributed by atoms with van der Waals surface area (Å²) >= 11 is 0. The lowest BCUT2D eigenvalue weighted by molar-refractivity contribution is -0.649. The van der Waals surface area contributed by atoms with E-state index in [9.17, 15) is 0 Å². The second kappa shape index (κ2) is 15.1. The van der Waals surface area contributed by atoms with Crippen molar-refractivity contribution in [3.63, 3.8) is 0 Å². The average molecular weight is 929 g/mol. The third-order valence-electron chi connectivity index (χ3n) is 15.5. The van der Waals surface area contributed by atoms with Gasteiger partial charge in [-0.15, -0.1) is 0 Å². The number of para-hydroxylation sites is 1. The molecule has 354 valence electrons. The van der Waals surface area contributed by atoms with Crippen molar-refractivity contribution in [2.45, 2.75) is 110 Å². The average Bonchev–Trinajstić information content (AvgIpc) is 3.95. The molecule has 3 aromatic heterocycles. The SMILES string of the molecule is C[n+]1[c-]n2c3c(cccc31)C1(c3ccc(Oc4ccc5c6cc(-c7ccccc7)ccc6n(-c6ccccn6)c5c4)cc3-2)c2c(cc(C(C)(C)C)cc2C(C)(C)C)-c2cc(C(C)(C)C)cc(C(C)(C)C)c21. The summed E-state index contributed by atoms with van der Waals surface area (Å²) in [7, 11) is 2.13. The van der Waals surface area contributed by atoms with Gasteiger partial charge >= 0.3 is 0 Å². The van der Waals surface area contributed by atoms with Crippen LogP contribution < -0.4 is 9.30 Å². The summed E-state index contributed by atoms with van der Waals surface area (Å²) < 4.78 is 13.8. The Hall–Kier alpha value is -7.24. The molecule has 0 amide bonds. The van der Waals surface area contributed by atoms with Gasteiger partial charge in [-0.2, -0.15) is 0 Å². The highest BCUT2D eigenvalue weighted by molar-refractivity contribution is 6.11. The van der Waals surface area contributed by atoms with Crippen LogP contribution in [0, 0.1) is 6.33 Å². The van der Waals surface area contributed by atoms with E-state index in [1.54, 1.807) is 0 Å². The molecule has 0 saturated heterocycles. The molecule has 0 saturated carbocycles. The molecule has 1 aliphatic heterocycles. The summed E-state index contributed by atoms with van der Waals surface area (Å²) in [5.74, 6) is 2.38. The molecule has 7 aromatic carbocycles. The number of benzene rings is 7. The molecular weight excluding hydrogens is 865 g/mol. The smallest absolute Gasteiger partial charge is 0.244 e. The Morgan fingerprint density at radius 2 is 1.15 bits per heavy atom. The zero-order chi connectivity index (χ0) is 49.7. The van der Waals surface area contributed by atoms with Gasteiger partial charge in [0, 0.05) is 23.0 Å². The molecule has 0 fully saturated rings. The van der Waals surface area contributed by atoms with Gasteiger partial charge in [-0.1, -0.05) is 174 Å². The number of hydrogen-bond acceptors (Lipinski definition) is 2. The zero-order valence-electron chi connectivity index (χ0n) is 43.6. The molecular formula is C66H64N4O. The van der Waals surface area contributed by atoms with Crippen LogP contribution in [0.1, 0.15) is 128 Å². The third kappa shape index (κ3) is 6.71.